The van der Waals surface area contributed by atoms with E-state index in [2.05, 4.69) is 5.10 Å². The van der Waals surface area contributed by atoms with Gasteiger partial charge in [0.15, 0.2) is 0 Å². The van der Waals surface area contributed by atoms with E-state index in [1.165, 1.54) is 0 Å². The number of hydrogen-bond acceptors (Lipinski definition) is 3. The molecule has 3 rings (SSSR count). The number of hydrogen-bond donors (Lipinski definition) is 2. The number of hydrazone groups is 1. The maximum absolute atomic E-state index is 13.1. The molecular weight excluding hydrogens is 281 g/mol. The van der Waals surface area contributed by atoms with Gasteiger partial charge in [0.2, 0.25) is 0 Å². The quantitative estimate of drug-likeness (QED) is 0.836. The Labute approximate surface area is 120 Å². The number of alkyl halides is 3. The molecule has 0 aromatic heterocycles. The minimum absolute atomic E-state index is 0.272. The molecule has 0 amide bonds. The molecule has 6 heteroatoms. The Morgan fingerprint density at radius 2 is 2.00 bits per heavy atom. The summed E-state index contributed by atoms with van der Waals surface area (Å²) in [5.74, 6) is -1.04. The molecule has 2 unspecified atom stereocenters. The molecule has 1 aromatic carbocycles. The number of nitrogens with one attached hydrogen (secondary N) is 1. The van der Waals surface area contributed by atoms with Crippen LogP contribution in [0, 0.1) is 5.92 Å². The van der Waals surface area contributed by atoms with E-state index in [1.807, 2.05) is 41.8 Å². The lowest BCUT2D eigenvalue weighted by molar-refractivity contribution is -0.281. The van der Waals surface area contributed by atoms with Crippen molar-refractivity contribution < 1.29 is 18.3 Å². The summed E-state index contributed by atoms with van der Waals surface area (Å²) in [5, 5.41) is 13.7. The van der Waals surface area contributed by atoms with E-state index in [0.29, 0.717) is 18.6 Å². The van der Waals surface area contributed by atoms with Crippen molar-refractivity contribution >= 4 is 11.8 Å². The average Bonchev–Trinajstić information content (AvgIpc) is 2.80. The smallest absolute Gasteiger partial charge is 0.362 e. The minimum atomic E-state index is -4.75. The molecule has 21 heavy (non-hydrogen) atoms. The number of nitrogens with zero attached hydrogens (tertiary/aromatic N) is 1. The maximum atomic E-state index is 13.1. The number of rotatable bonds is 1. The molecule has 1 aliphatic carbocycles. The highest BCUT2D eigenvalue weighted by molar-refractivity contribution is 6.07. The molecule has 1 aliphatic heterocycles. The first-order valence-corrected chi connectivity index (χ1v) is 6.81. The van der Waals surface area contributed by atoms with Crippen molar-refractivity contribution in [2.24, 2.45) is 11.0 Å². The zero-order chi connectivity index (χ0) is 15.1. The van der Waals surface area contributed by atoms with E-state index in [1.54, 1.807) is 0 Å². The first kappa shape index (κ1) is 14.1. The summed E-state index contributed by atoms with van der Waals surface area (Å²) in [6, 6.07) is 9.38. The van der Waals surface area contributed by atoms with Crippen LogP contribution in [0.5, 0.6) is 0 Å². The topological polar surface area (TPSA) is 44.6 Å². The molecule has 1 heterocycles. The third kappa shape index (κ3) is 2.33. The van der Waals surface area contributed by atoms with E-state index in [4.69, 9.17) is 0 Å². The first-order chi connectivity index (χ1) is 9.92. The predicted molar refractivity (Wildman–Crippen MR) is 73.3 cm³/mol. The first-order valence-electron chi connectivity index (χ1n) is 6.81. The van der Waals surface area contributed by atoms with Gasteiger partial charge in [-0.2, -0.15) is 18.3 Å². The summed E-state index contributed by atoms with van der Waals surface area (Å²) in [4.78, 5) is 0. The van der Waals surface area contributed by atoms with Gasteiger partial charge in [0, 0.05) is 0 Å². The summed E-state index contributed by atoms with van der Waals surface area (Å²) in [5.41, 5.74) is 0.956. The summed E-state index contributed by atoms with van der Waals surface area (Å²) in [6.07, 6.45) is -1.37. The fourth-order valence-electron chi connectivity index (χ4n) is 2.92. The Kier molecular flexibility index (Phi) is 3.28. The normalized spacial score (nSPS) is 30.8. The Bertz CT molecular complexity index is 595. The van der Waals surface area contributed by atoms with E-state index in [-0.39, 0.29) is 6.42 Å². The zero-order valence-electron chi connectivity index (χ0n) is 11.2. The maximum Gasteiger partial charge on any atom is 0.438 e. The van der Waals surface area contributed by atoms with Gasteiger partial charge in [0.1, 0.15) is 0 Å². The number of allylic oxidation sites excluding steroid dienone is 1. The van der Waals surface area contributed by atoms with Crippen LogP contribution in [-0.2, 0) is 0 Å². The van der Waals surface area contributed by atoms with Gasteiger partial charge in [-0.05, 0) is 36.5 Å². The van der Waals surface area contributed by atoms with Gasteiger partial charge in [0.25, 0.3) is 5.72 Å². The van der Waals surface area contributed by atoms with Gasteiger partial charge < -0.3 is 5.11 Å². The van der Waals surface area contributed by atoms with Crippen LogP contribution in [-0.4, -0.2) is 22.7 Å². The summed E-state index contributed by atoms with van der Waals surface area (Å²) < 4.78 is 39.2. The van der Waals surface area contributed by atoms with Crippen molar-refractivity contribution in [3.05, 3.63) is 41.5 Å². The van der Waals surface area contributed by atoms with E-state index in [9.17, 15) is 18.3 Å². The minimum Gasteiger partial charge on any atom is -0.362 e. The van der Waals surface area contributed by atoms with Crippen LogP contribution < -0.4 is 5.43 Å². The lowest BCUT2D eigenvalue weighted by Crippen LogP contribution is -2.58. The highest BCUT2D eigenvalue weighted by atomic mass is 19.4. The highest BCUT2D eigenvalue weighted by Gasteiger charge is 2.63. The van der Waals surface area contributed by atoms with Crippen LogP contribution in [0.4, 0.5) is 13.2 Å². The summed E-state index contributed by atoms with van der Waals surface area (Å²) in [7, 11) is 0. The van der Waals surface area contributed by atoms with Crippen LogP contribution in [0.25, 0.3) is 6.08 Å². The van der Waals surface area contributed by atoms with Crippen LogP contribution >= 0.6 is 0 Å². The molecule has 2 N–H and O–H groups in total. The molecule has 0 saturated heterocycles. The molecule has 1 aromatic rings. The summed E-state index contributed by atoms with van der Waals surface area (Å²) >= 11 is 0. The number of benzene rings is 1. The molecule has 1 saturated carbocycles. The van der Waals surface area contributed by atoms with E-state index in [0.717, 1.165) is 11.1 Å². The van der Waals surface area contributed by atoms with E-state index >= 15 is 0 Å². The second-order valence-electron chi connectivity index (χ2n) is 5.40. The monoisotopic (exact) mass is 296 g/mol. The van der Waals surface area contributed by atoms with Crippen molar-refractivity contribution in [1.29, 1.82) is 0 Å². The van der Waals surface area contributed by atoms with Crippen LogP contribution in [0.3, 0.4) is 0 Å². The fourth-order valence-corrected chi connectivity index (χ4v) is 2.92. The standard InChI is InChI=1S/C15H15F3N2O/c16-15(17,18)14(21)12-8-4-7-11(13(12)19-20-14)9-10-5-2-1-3-6-10/h1-3,5-6,9,12,20-21H,4,7-8H2. The van der Waals surface area contributed by atoms with Crippen molar-refractivity contribution in [2.45, 2.75) is 31.2 Å². The Morgan fingerprint density at radius 1 is 1.29 bits per heavy atom. The van der Waals surface area contributed by atoms with Gasteiger partial charge in [-0.25, -0.2) is 0 Å². The van der Waals surface area contributed by atoms with Gasteiger partial charge in [-0.3, -0.25) is 5.43 Å². The largest absolute Gasteiger partial charge is 0.438 e. The molecule has 1 fully saturated rings. The highest BCUT2D eigenvalue weighted by Crippen LogP contribution is 2.44. The zero-order valence-corrected chi connectivity index (χ0v) is 11.2. The molecule has 3 nitrogen and oxygen atoms in total. The van der Waals surface area contributed by atoms with Gasteiger partial charge in [0.05, 0.1) is 11.6 Å². The third-order valence-electron chi connectivity index (χ3n) is 4.02. The number of aliphatic hydroxyl groups is 1. The molecular formula is C15H15F3N2O. The van der Waals surface area contributed by atoms with Crippen LogP contribution in [0.1, 0.15) is 24.8 Å². The number of fused-ring (bicyclic) bond motifs is 1. The van der Waals surface area contributed by atoms with Gasteiger partial charge >= 0.3 is 6.18 Å². The van der Waals surface area contributed by atoms with Crippen LogP contribution in [0.15, 0.2) is 41.0 Å². The van der Waals surface area contributed by atoms with Crippen molar-refractivity contribution in [2.75, 3.05) is 0 Å². The second kappa shape index (κ2) is 4.87. The second-order valence-corrected chi connectivity index (χ2v) is 5.40. The summed E-state index contributed by atoms with van der Waals surface area (Å²) in [6.45, 7) is 0. The lowest BCUT2D eigenvalue weighted by atomic mass is 9.77. The van der Waals surface area contributed by atoms with Crippen molar-refractivity contribution in [3.63, 3.8) is 0 Å². The molecule has 2 aliphatic rings. The SMILES string of the molecule is OC1(C(F)(F)F)NN=C2C(=Cc3ccccc3)CCCC21. The molecule has 2 atom stereocenters. The lowest BCUT2D eigenvalue weighted by Gasteiger charge is -2.34. The van der Waals surface area contributed by atoms with Crippen molar-refractivity contribution in [3.8, 4) is 0 Å². The third-order valence-corrected chi connectivity index (χ3v) is 4.02. The molecule has 0 spiro atoms. The molecule has 112 valence electrons. The van der Waals surface area contributed by atoms with Crippen molar-refractivity contribution in [1.82, 2.24) is 5.43 Å². The Balaban J connectivity index is 1.93. The Morgan fingerprint density at radius 3 is 2.67 bits per heavy atom. The van der Waals surface area contributed by atoms with Gasteiger partial charge in [-0.1, -0.05) is 30.3 Å². The molecule has 0 radical (unpaired) electrons. The average molecular weight is 296 g/mol. The van der Waals surface area contributed by atoms with E-state index < -0.39 is 17.8 Å². The fraction of sp³-hybridized carbons (Fsp3) is 0.400. The van der Waals surface area contributed by atoms with Crippen LogP contribution in [0.2, 0.25) is 0 Å². The predicted octanol–water partition coefficient (Wildman–Crippen LogP) is 3.08. The Hall–Kier alpha value is -1.82. The molecule has 0 bridgehead atoms. The van der Waals surface area contributed by atoms with Gasteiger partial charge in [-0.15, -0.1) is 0 Å². The number of halogens is 3.